The van der Waals surface area contributed by atoms with Crippen molar-refractivity contribution < 1.29 is 4.74 Å². The molecule has 1 rings (SSSR count). The van der Waals surface area contributed by atoms with Crippen LogP contribution in [-0.4, -0.2) is 31.6 Å². The molecule has 2 N–H and O–H groups in total. The highest BCUT2D eigenvalue weighted by atomic mass is 16.5. The molecule has 0 heterocycles. The first-order chi connectivity index (χ1) is 8.42. The van der Waals surface area contributed by atoms with Gasteiger partial charge in [0.1, 0.15) is 5.75 Å². The van der Waals surface area contributed by atoms with Crippen molar-refractivity contribution in [3.8, 4) is 5.75 Å². The highest BCUT2D eigenvalue weighted by Crippen LogP contribution is 2.29. The molecule has 0 aliphatic heterocycles. The Labute approximate surface area is 111 Å². The van der Waals surface area contributed by atoms with Gasteiger partial charge in [0.05, 0.1) is 7.11 Å². The molecule has 18 heavy (non-hydrogen) atoms. The fourth-order valence-electron chi connectivity index (χ4n) is 2.22. The van der Waals surface area contributed by atoms with E-state index in [9.17, 15) is 0 Å². The number of aryl methyl sites for hydroxylation is 1. The second-order valence-corrected chi connectivity index (χ2v) is 5.14. The number of rotatable bonds is 5. The van der Waals surface area contributed by atoms with Gasteiger partial charge in [-0.25, -0.2) is 0 Å². The number of hydrogen-bond acceptors (Lipinski definition) is 3. The lowest BCUT2D eigenvalue weighted by molar-refractivity contribution is 0.254. The Balaban J connectivity index is 3.04. The van der Waals surface area contributed by atoms with E-state index in [1.807, 2.05) is 0 Å². The molecular weight excluding hydrogens is 224 g/mol. The Morgan fingerprint density at radius 1 is 1.28 bits per heavy atom. The maximum atomic E-state index is 5.71. The van der Waals surface area contributed by atoms with Crippen LogP contribution >= 0.6 is 0 Å². The molecule has 102 valence electrons. The van der Waals surface area contributed by atoms with Crippen LogP contribution in [0.4, 0.5) is 0 Å². The molecule has 0 fully saturated rings. The third kappa shape index (κ3) is 3.03. The summed E-state index contributed by atoms with van der Waals surface area (Å²) in [5.74, 6) is 1.01. The number of likely N-dealkylation sites (N-methyl/N-ethyl adjacent to an activating group) is 1. The van der Waals surface area contributed by atoms with E-state index in [1.54, 1.807) is 7.11 Å². The van der Waals surface area contributed by atoms with E-state index in [2.05, 4.69) is 45.7 Å². The number of nitrogens with two attached hydrogens (primary N) is 1. The minimum atomic E-state index is 0.395. The minimum Gasteiger partial charge on any atom is -0.496 e. The summed E-state index contributed by atoms with van der Waals surface area (Å²) in [6, 6.07) is 2.62. The first kappa shape index (κ1) is 15.0. The van der Waals surface area contributed by atoms with E-state index in [1.165, 1.54) is 22.3 Å². The van der Waals surface area contributed by atoms with Gasteiger partial charge in [-0.1, -0.05) is 6.07 Å². The van der Waals surface area contributed by atoms with Crippen molar-refractivity contribution in [1.82, 2.24) is 4.90 Å². The van der Waals surface area contributed by atoms with Gasteiger partial charge in [0.2, 0.25) is 0 Å². The molecular formula is C15H26N2O. The summed E-state index contributed by atoms with van der Waals surface area (Å²) in [5, 5.41) is 0. The van der Waals surface area contributed by atoms with Gasteiger partial charge in [-0.2, -0.15) is 0 Å². The van der Waals surface area contributed by atoms with Crippen molar-refractivity contribution in [2.75, 3.05) is 20.7 Å². The average molecular weight is 250 g/mol. The molecule has 0 aromatic heterocycles. The summed E-state index contributed by atoms with van der Waals surface area (Å²) < 4.78 is 5.45. The molecule has 3 nitrogen and oxygen atoms in total. The molecule has 1 aromatic carbocycles. The molecule has 0 aliphatic rings. The molecule has 1 unspecified atom stereocenters. The van der Waals surface area contributed by atoms with E-state index in [-0.39, 0.29) is 0 Å². The van der Waals surface area contributed by atoms with Crippen molar-refractivity contribution in [3.63, 3.8) is 0 Å². The van der Waals surface area contributed by atoms with Gasteiger partial charge in [0.15, 0.2) is 0 Å². The predicted molar refractivity (Wildman–Crippen MR) is 77.2 cm³/mol. The van der Waals surface area contributed by atoms with Gasteiger partial charge in [0, 0.05) is 19.1 Å². The molecule has 0 saturated carbocycles. The first-order valence-corrected chi connectivity index (χ1v) is 6.46. The summed E-state index contributed by atoms with van der Waals surface area (Å²) in [5.41, 5.74) is 10.8. The van der Waals surface area contributed by atoms with E-state index >= 15 is 0 Å². The maximum Gasteiger partial charge on any atom is 0.124 e. The van der Waals surface area contributed by atoms with E-state index in [4.69, 9.17) is 10.5 Å². The smallest absolute Gasteiger partial charge is 0.124 e. The van der Waals surface area contributed by atoms with Crippen LogP contribution in [-0.2, 0) is 6.54 Å². The van der Waals surface area contributed by atoms with Gasteiger partial charge in [0.25, 0.3) is 0 Å². The van der Waals surface area contributed by atoms with Crippen LogP contribution in [0.2, 0.25) is 0 Å². The summed E-state index contributed by atoms with van der Waals surface area (Å²) >= 11 is 0. The largest absolute Gasteiger partial charge is 0.496 e. The molecule has 0 spiro atoms. The van der Waals surface area contributed by atoms with Crippen molar-refractivity contribution in [3.05, 3.63) is 28.3 Å². The fourth-order valence-corrected chi connectivity index (χ4v) is 2.22. The minimum absolute atomic E-state index is 0.395. The highest BCUT2D eigenvalue weighted by molar-refractivity contribution is 5.48. The summed E-state index contributed by atoms with van der Waals surface area (Å²) in [4.78, 5) is 2.29. The van der Waals surface area contributed by atoms with Crippen LogP contribution < -0.4 is 10.5 Å². The first-order valence-electron chi connectivity index (χ1n) is 6.46. The molecule has 1 aromatic rings. The predicted octanol–water partition coefficient (Wildman–Crippen LogP) is 2.40. The average Bonchev–Trinajstić information content (AvgIpc) is 2.35. The summed E-state index contributed by atoms with van der Waals surface area (Å²) in [6.45, 7) is 10.1. The van der Waals surface area contributed by atoms with Gasteiger partial charge >= 0.3 is 0 Å². The normalized spacial score (nSPS) is 12.9. The second kappa shape index (κ2) is 6.21. The van der Waals surface area contributed by atoms with Gasteiger partial charge < -0.3 is 10.5 Å². The molecule has 0 bridgehead atoms. The zero-order valence-electron chi connectivity index (χ0n) is 12.5. The Hall–Kier alpha value is -1.06. The number of nitrogens with zero attached hydrogens (tertiary/aromatic N) is 1. The number of hydrogen-bond donors (Lipinski definition) is 1. The molecule has 1 atom stereocenters. The Morgan fingerprint density at radius 2 is 1.89 bits per heavy atom. The van der Waals surface area contributed by atoms with E-state index in [0.29, 0.717) is 12.6 Å². The van der Waals surface area contributed by atoms with Crippen molar-refractivity contribution >= 4 is 0 Å². The van der Waals surface area contributed by atoms with Gasteiger partial charge in [-0.15, -0.1) is 0 Å². The van der Waals surface area contributed by atoms with Crippen molar-refractivity contribution in [2.24, 2.45) is 5.73 Å². The van der Waals surface area contributed by atoms with Crippen LogP contribution in [0.1, 0.15) is 29.2 Å². The molecule has 3 heteroatoms. The molecule has 0 amide bonds. The van der Waals surface area contributed by atoms with Crippen LogP contribution in [0.25, 0.3) is 0 Å². The third-order valence-electron chi connectivity index (χ3n) is 3.85. The molecule has 0 saturated heterocycles. The Morgan fingerprint density at radius 3 is 2.39 bits per heavy atom. The number of benzene rings is 1. The number of methoxy groups -OCH3 is 1. The van der Waals surface area contributed by atoms with Crippen LogP contribution in [0.5, 0.6) is 5.75 Å². The third-order valence-corrected chi connectivity index (χ3v) is 3.85. The van der Waals surface area contributed by atoms with Crippen molar-refractivity contribution in [1.29, 1.82) is 0 Å². The molecule has 0 radical (unpaired) electrons. The number of ether oxygens (including phenoxy) is 1. The SMILES string of the molecule is COc1c(C)cc(CN(C)C(C)CN)c(C)c1C. The van der Waals surface area contributed by atoms with E-state index < -0.39 is 0 Å². The fraction of sp³-hybridized carbons (Fsp3) is 0.600. The zero-order chi connectivity index (χ0) is 13.9. The summed E-state index contributed by atoms with van der Waals surface area (Å²) in [7, 11) is 3.85. The van der Waals surface area contributed by atoms with Gasteiger partial charge in [-0.3, -0.25) is 4.90 Å². The Bertz CT molecular complexity index is 415. The highest BCUT2D eigenvalue weighted by Gasteiger charge is 2.14. The lowest BCUT2D eigenvalue weighted by Gasteiger charge is -2.25. The Kier molecular flexibility index (Phi) is 5.17. The lowest BCUT2D eigenvalue weighted by Crippen LogP contribution is -2.35. The quantitative estimate of drug-likeness (QED) is 0.872. The zero-order valence-corrected chi connectivity index (χ0v) is 12.5. The second-order valence-electron chi connectivity index (χ2n) is 5.14. The topological polar surface area (TPSA) is 38.5 Å². The van der Waals surface area contributed by atoms with Crippen LogP contribution in [0.3, 0.4) is 0 Å². The van der Waals surface area contributed by atoms with E-state index in [0.717, 1.165) is 12.3 Å². The monoisotopic (exact) mass is 250 g/mol. The van der Waals surface area contributed by atoms with Crippen LogP contribution in [0, 0.1) is 20.8 Å². The summed E-state index contributed by atoms with van der Waals surface area (Å²) in [6.07, 6.45) is 0. The standard InChI is InChI=1S/C15H26N2O/c1-10-7-14(9-17(5)11(2)8-16)12(3)13(4)15(10)18-6/h7,11H,8-9,16H2,1-6H3. The van der Waals surface area contributed by atoms with Gasteiger partial charge in [-0.05, 0) is 57.0 Å². The lowest BCUT2D eigenvalue weighted by atomic mass is 9.98. The van der Waals surface area contributed by atoms with Crippen molar-refractivity contribution in [2.45, 2.75) is 40.3 Å². The molecule has 0 aliphatic carbocycles. The van der Waals surface area contributed by atoms with Crippen LogP contribution in [0.15, 0.2) is 6.07 Å². The maximum absolute atomic E-state index is 5.71.